The number of ether oxygens (including phenoxy) is 1. The van der Waals surface area contributed by atoms with Crippen molar-refractivity contribution < 1.29 is 22.9 Å². The molecule has 0 aliphatic rings. The van der Waals surface area contributed by atoms with Gasteiger partial charge in [0.15, 0.2) is 12.2 Å². The van der Waals surface area contributed by atoms with Gasteiger partial charge in [-0.15, -0.1) is 10.2 Å². The van der Waals surface area contributed by atoms with Gasteiger partial charge in [-0.05, 0) is 19.1 Å². The fourth-order valence-corrected chi connectivity index (χ4v) is 3.11. The van der Waals surface area contributed by atoms with Gasteiger partial charge in [0.1, 0.15) is 22.5 Å². The second kappa shape index (κ2) is 8.31. The Morgan fingerprint density at radius 2 is 1.84 bits per heavy atom. The molecule has 0 atom stereocenters. The standard InChI is InChI=1S/C23H16N4O5/c1-14-21(22(27-32-14)15-7-3-2-4-8-15)23-26-25-19(31-23)13-29-20(28)12-11-18-24-16-9-5-6-10-17(16)30-18/h2-12H,13H2,1H3/b12-11+. The zero-order valence-electron chi connectivity index (χ0n) is 16.9. The molecule has 0 unspecified atom stereocenters. The first kappa shape index (κ1) is 19.4. The summed E-state index contributed by atoms with van der Waals surface area (Å²) in [5.74, 6) is 0.619. The molecule has 3 heterocycles. The van der Waals surface area contributed by atoms with Crippen LogP contribution in [0.15, 0.2) is 74.0 Å². The van der Waals surface area contributed by atoms with Gasteiger partial charge in [-0.3, -0.25) is 0 Å². The van der Waals surface area contributed by atoms with Gasteiger partial charge in [0, 0.05) is 17.7 Å². The molecular formula is C23H16N4O5. The summed E-state index contributed by atoms with van der Waals surface area (Å²) in [7, 11) is 0. The fourth-order valence-electron chi connectivity index (χ4n) is 3.11. The molecule has 0 bridgehead atoms. The molecule has 0 spiro atoms. The zero-order valence-corrected chi connectivity index (χ0v) is 16.9. The maximum atomic E-state index is 12.0. The lowest BCUT2D eigenvalue weighted by Crippen LogP contribution is -2.00. The largest absolute Gasteiger partial charge is 0.452 e. The van der Waals surface area contributed by atoms with Gasteiger partial charge in [-0.2, -0.15) is 0 Å². The van der Waals surface area contributed by atoms with Crippen LogP contribution in [0.1, 0.15) is 17.5 Å². The summed E-state index contributed by atoms with van der Waals surface area (Å²) in [6.07, 6.45) is 2.66. The third-order valence-corrected chi connectivity index (χ3v) is 4.60. The van der Waals surface area contributed by atoms with Crippen LogP contribution in [0.5, 0.6) is 0 Å². The third kappa shape index (κ3) is 3.91. The summed E-state index contributed by atoms with van der Waals surface area (Å²) >= 11 is 0. The molecule has 0 N–H and O–H groups in total. The van der Waals surface area contributed by atoms with E-state index in [2.05, 4.69) is 20.3 Å². The summed E-state index contributed by atoms with van der Waals surface area (Å²) in [6, 6.07) is 16.8. The molecule has 3 aromatic heterocycles. The van der Waals surface area contributed by atoms with Crippen LogP contribution in [0.2, 0.25) is 0 Å². The van der Waals surface area contributed by atoms with Crippen LogP contribution in [-0.4, -0.2) is 26.3 Å². The van der Waals surface area contributed by atoms with Crippen LogP contribution in [-0.2, 0) is 16.1 Å². The number of carbonyl (C=O) groups excluding carboxylic acids is 1. The molecule has 5 aromatic rings. The minimum atomic E-state index is -0.599. The van der Waals surface area contributed by atoms with Gasteiger partial charge < -0.3 is 18.1 Å². The Labute approximate surface area is 181 Å². The van der Waals surface area contributed by atoms with Crippen molar-refractivity contribution in [2.75, 3.05) is 0 Å². The van der Waals surface area contributed by atoms with Crippen molar-refractivity contribution in [2.45, 2.75) is 13.5 Å². The van der Waals surface area contributed by atoms with Crippen molar-refractivity contribution in [3.05, 3.63) is 78.2 Å². The van der Waals surface area contributed by atoms with Crippen LogP contribution in [0.25, 0.3) is 39.9 Å². The SMILES string of the molecule is Cc1onc(-c2ccccc2)c1-c1nnc(COC(=O)/C=C/c2nc3ccccc3o2)o1. The quantitative estimate of drug-likeness (QED) is 0.282. The molecule has 0 radical (unpaired) electrons. The highest BCUT2D eigenvalue weighted by molar-refractivity contribution is 5.87. The van der Waals surface area contributed by atoms with Gasteiger partial charge >= 0.3 is 5.97 Å². The first-order valence-corrected chi connectivity index (χ1v) is 9.72. The molecule has 0 aliphatic heterocycles. The third-order valence-electron chi connectivity index (χ3n) is 4.60. The van der Waals surface area contributed by atoms with E-state index in [1.165, 1.54) is 12.2 Å². The highest BCUT2D eigenvalue weighted by atomic mass is 16.5. The minimum Gasteiger partial charge on any atom is -0.452 e. The van der Waals surface area contributed by atoms with E-state index in [-0.39, 0.29) is 18.4 Å². The highest BCUT2D eigenvalue weighted by Gasteiger charge is 2.22. The number of aryl methyl sites for hydroxylation is 1. The maximum absolute atomic E-state index is 12.0. The molecule has 2 aromatic carbocycles. The average Bonchev–Trinajstić information content (AvgIpc) is 3.54. The van der Waals surface area contributed by atoms with Crippen LogP contribution in [0.3, 0.4) is 0 Å². The number of fused-ring (bicyclic) bond motifs is 1. The Hall–Kier alpha value is -4.53. The first-order chi connectivity index (χ1) is 15.7. The number of benzene rings is 2. The van der Waals surface area contributed by atoms with E-state index in [0.717, 1.165) is 5.56 Å². The average molecular weight is 428 g/mol. The summed E-state index contributed by atoms with van der Waals surface area (Å²) in [4.78, 5) is 16.3. The Kier molecular flexibility index (Phi) is 5.04. The molecule has 158 valence electrons. The van der Waals surface area contributed by atoms with Gasteiger partial charge in [0.2, 0.25) is 5.89 Å². The van der Waals surface area contributed by atoms with Crippen molar-refractivity contribution in [3.8, 4) is 22.7 Å². The van der Waals surface area contributed by atoms with Crippen molar-refractivity contribution in [1.29, 1.82) is 0 Å². The van der Waals surface area contributed by atoms with Crippen molar-refractivity contribution >= 4 is 23.1 Å². The smallest absolute Gasteiger partial charge is 0.331 e. The minimum absolute atomic E-state index is 0.142. The number of carbonyl (C=O) groups is 1. The van der Waals surface area contributed by atoms with Gasteiger partial charge in [-0.1, -0.05) is 47.6 Å². The van der Waals surface area contributed by atoms with Crippen LogP contribution < -0.4 is 0 Å². The van der Waals surface area contributed by atoms with Gasteiger partial charge in [0.05, 0.1) is 0 Å². The lowest BCUT2D eigenvalue weighted by atomic mass is 10.1. The number of aromatic nitrogens is 4. The van der Waals surface area contributed by atoms with E-state index in [0.29, 0.717) is 34.0 Å². The molecule has 9 nitrogen and oxygen atoms in total. The maximum Gasteiger partial charge on any atom is 0.331 e. The number of rotatable bonds is 6. The summed E-state index contributed by atoms with van der Waals surface area (Å²) < 4.78 is 21.7. The Bertz CT molecular complexity index is 1380. The topological polar surface area (TPSA) is 117 Å². The van der Waals surface area contributed by atoms with E-state index in [9.17, 15) is 4.79 Å². The zero-order chi connectivity index (χ0) is 21.9. The molecule has 0 amide bonds. The number of hydrogen-bond donors (Lipinski definition) is 0. The molecule has 0 aliphatic carbocycles. The molecule has 0 saturated heterocycles. The predicted molar refractivity (Wildman–Crippen MR) is 113 cm³/mol. The Balaban J connectivity index is 1.26. The van der Waals surface area contributed by atoms with Crippen molar-refractivity contribution in [3.63, 3.8) is 0 Å². The second-order valence-electron chi connectivity index (χ2n) is 6.79. The number of para-hydroxylation sites is 2. The number of oxazole rings is 1. The van der Waals surface area contributed by atoms with E-state index in [1.807, 2.05) is 48.5 Å². The van der Waals surface area contributed by atoms with Crippen LogP contribution in [0.4, 0.5) is 0 Å². The van der Waals surface area contributed by atoms with Crippen molar-refractivity contribution in [2.24, 2.45) is 0 Å². The lowest BCUT2D eigenvalue weighted by molar-refractivity contribution is -0.139. The van der Waals surface area contributed by atoms with E-state index in [4.69, 9.17) is 18.1 Å². The van der Waals surface area contributed by atoms with Crippen LogP contribution in [0, 0.1) is 6.92 Å². The number of nitrogens with zero attached hydrogens (tertiary/aromatic N) is 4. The summed E-state index contributed by atoms with van der Waals surface area (Å²) in [5.41, 5.74) is 3.39. The molecular weight excluding hydrogens is 412 g/mol. The molecule has 0 fully saturated rings. The van der Waals surface area contributed by atoms with E-state index < -0.39 is 5.97 Å². The molecule has 5 rings (SSSR count). The molecule has 32 heavy (non-hydrogen) atoms. The number of esters is 1. The van der Waals surface area contributed by atoms with E-state index >= 15 is 0 Å². The van der Waals surface area contributed by atoms with Crippen LogP contribution >= 0.6 is 0 Å². The monoisotopic (exact) mass is 428 g/mol. The molecule has 9 heteroatoms. The molecule has 0 saturated carbocycles. The van der Waals surface area contributed by atoms with E-state index in [1.54, 1.807) is 13.0 Å². The number of hydrogen-bond acceptors (Lipinski definition) is 9. The normalized spacial score (nSPS) is 11.4. The second-order valence-corrected chi connectivity index (χ2v) is 6.79. The summed E-state index contributed by atoms with van der Waals surface area (Å²) in [6.45, 7) is 1.57. The van der Waals surface area contributed by atoms with Crippen molar-refractivity contribution in [1.82, 2.24) is 20.3 Å². The fraction of sp³-hybridized carbons (Fsp3) is 0.0870. The summed E-state index contributed by atoms with van der Waals surface area (Å²) in [5, 5.41) is 12.1. The van der Waals surface area contributed by atoms with Gasteiger partial charge in [0.25, 0.3) is 11.8 Å². The Morgan fingerprint density at radius 1 is 1.03 bits per heavy atom. The predicted octanol–water partition coefficient (Wildman–Crippen LogP) is 4.60. The Morgan fingerprint density at radius 3 is 2.69 bits per heavy atom. The van der Waals surface area contributed by atoms with Gasteiger partial charge in [-0.25, -0.2) is 9.78 Å². The highest BCUT2D eigenvalue weighted by Crippen LogP contribution is 2.33. The lowest BCUT2D eigenvalue weighted by Gasteiger charge is -1.98. The first-order valence-electron chi connectivity index (χ1n) is 9.72.